The predicted octanol–water partition coefficient (Wildman–Crippen LogP) is -0.898. The van der Waals surface area contributed by atoms with Gasteiger partial charge in [-0.05, 0) is 6.42 Å². The number of morpholine rings is 1. The van der Waals surface area contributed by atoms with Crippen LogP contribution in [-0.2, 0) is 14.3 Å². The number of carboxylic acids is 1. The number of likely N-dealkylation sites (tertiary alicyclic amines) is 1. The maximum atomic E-state index is 12.1. The van der Waals surface area contributed by atoms with Gasteiger partial charge in [0.1, 0.15) is 6.04 Å². The summed E-state index contributed by atoms with van der Waals surface area (Å²) in [4.78, 5) is 37.5. The fourth-order valence-corrected chi connectivity index (χ4v) is 2.42. The van der Waals surface area contributed by atoms with Crippen LogP contribution in [0.1, 0.15) is 12.8 Å². The quantitative estimate of drug-likeness (QED) is 0.700. The van der Waals surface area contributed by atoms with E-state index in [1.165, 1.54) is 4.90 Å². The lowest BCUT2D eigenvalue weighted by Gasteiger charge is -2.32. The van der Waals surface area contributed by atoms with Crippen molar-refractivity contribution in [3.05, 3.63) is 0 Å². The third-order valence-electron chi connectivity index (χ3n) is 3.55. The van der Waals surface area contributed by atoms with Crippen molar-refractivity contribution in [2.75, 3.05) is 33.3 Å². The molecule has 0 radical (unpaired) electrons. The van der Waals surface area contributed by atoms with Gasteiger partial charge in [0.15, 0.2) is 0 Å². The van der Waals surface area contributed by atoms with E-state index in [4.69, 9.17) is 9.84 Å². The van der Waals surface area contributed by atoms with E-state index in [2.05, 4.69) is 5.32 Å². The monoisotopic (exact) mass is 285 g/mol. The van der Waals surface area contributed by atoms with Crippen molar-refractivity contribution in [3.8, 4) is 0 Å². The third kappa shape index (κ3) is 3.38. The van der Waals surface area contributed by atoms with Crippen LogP contribution >= 0.6 is 0 Å². The van der Waals surface area contributed by atoms with Gasteiger partial charge in [0.05, 0.1) is 19.1 Å². The molecule has 8 nitrogen and oxygen atoms in total. The zero-order chi connectivity index (χ0) is 14.7. The molecule has 0 aromatic carbocycles. The number of carboxylic acid groups (broad SMARTS) is 1. The molecule has 0 spiro atoms. The van der Waals surface area contributed by atoms with Crippen LogP contribution in [0.3, 0.4) is 0 Å². The molecule has 2 fully saturated rings. The largest absolute Gasteiger partial charge is 0.481 e. The molecule has 112 valence electrons. The van der Waals surface area contributed by atoms with Crippen molar-refractivity contribution >= 4 is 17.9 Å². The first-order chi connectivity index (χ1) is 9.47. The summed E-state index contributed by atoms with van der Waals surface area (Å²) in [5.74, 6) is -1.04. The zero-order valence-electron chi connectivity index (χ0n) is 11.4. The van der Waals surface area contributed by atoms with Crippen LogP contribution < -0.4 is 5.32 Å². The lowest BCUT2D eigenvalue weighted by atomic mass is 10.2. The number of amides is 3. The number of nitrogens with one attached hydrogen (secondary N) is 1. The van der Waals surface area contributed by atoms with E-state index in [0.717, 1.165) is 0 Å². The number of ether oxygens (including phenoxy) is 1. The first-order valence-corrected chi connectivity index (χ1v) is 6.61. The lowest BCUT2D eigenvalue weighted by Crippen LogP contribution is -2.53. The second-order valence-corrected chi connectivity index (χ2v) is 5.09. The second-order valence-electron chi connectivity index (χ2n) is 5.09. The summed E-state index contributed by atoms with van der Waals surface area (Å²) in [6.07, 6.45) is -0.0206. The number of hydrogen-bond acceptors (Lipinski definition) is 4. The van der Waals surface area contributed by atoms with Gasteiger partial charge in [-0.15, -0.1) is 0 Å². The molecule has 0 aromatic rings. The van der Waals surface area contributed by atoms with Crippen molar-refractivity contribution in [3.63, 3.8) is 0 Å². The number of likely N-dealkylation sites (N-methyl/N-ethyl adjacent to an activating group) is 1. The molecule has 20 heavy (non-hydrogen) atoms. The maximum Gasteiger partial charge on any atom is 0.318 e. The summed E-state index contributed by atoms with van der Waals surface area (Å²) in [5.41, 5.74) is 0. The van der Waals surface area contributed by atoms with Gasteiger partial charge in [0, 0.05) is 26.7 Å². The van der Waals surface area contributed by atoms with Gasteiger partial charge in [-0.1, -0.05) is 0 Å². The van der Waals surface area contributed by atoms with Crippen LogP contribution in [0.15, 0.2) is 0 Å². The Kier molecular flexibility index (Phi) is 4.43. The van der Waals surface area contributed by atoms with Crippen LogP contribution in [0.4, 0.5) is 4.79 Å². The highest BCUT2D eigenvalue weighted by Gasteiger charge is 2.33. The Hall–Kier alpha value is -1.83. The summed E-state index contributed by atoms with van der Waals surface area (Å²) in [6.45, 7) is 1.58. The molecule has 2 atom stereocenters. The summed E-state index contributed by atoms with van der Waals surface area (Å²) in [7, 11) is 1.70. The molecule has 2 heterocycles. The molecule has 2 aliphatic heterocycles. The Labute approximate surface area is 116 Å². The van der Waals surface area contributed by atoms with Crippen LogP contribution in [0.25, 0.3) is 0 Å². The first kappa shape index (κ1) is 14.6. The van der Waals surface area contributed by atoms with Gasteiger partial charge in [0.2, 0.25) is 5.91 Å². The molecule has 0 bridgehead atoms. The Balaban J connectivity index is 1.86. The lowest BCUT2D eigenvalue weighted by molar-refractivity contribution is -0.141. The smallest absolute Gasteiger partial charge is 0.318 e. The molecule has 8 heteroatoms. The normalized spacial score (nSPS) is 26.8. The maximum absolute atomic E-state index is 12.1. The fourth-order valence-electron chi connectivity index (χ4n) is 2.42. The molecule has 2 rings (SSSR count). The number of carbonyl (C=O) groups excluding carboxylic acids is 2. The zero-order valence-corrected chi connectivity index (χ0v) is 11.4. The molecule has 2 aliphatic rings. The van der Waals surface area contributed by atoms with E-state index < -0.39 is 18.1 Å². The first-order valence-electron chi connectivity index (χ1n) is 6.61. The summed E-state index contributed by atoms with van der Waals surface area (Å²) in [6, 6.07) is -0.814. The van der Waals surface area contributed by atoms with E-state index in [-0.39, 0.29) is 24.9 Å². The minimum atomic E-state index is -0.954. The van der Waals surface area contributed by atoms with Crippen LogP contribution in [0, 0.1) is 0 Å². The molecule has 0 saturated carbocycles. The minimum absolute atomic E-state index is 0.0892. The SMILES string of the molecule is CN1CCC(NC(=O)N2CCOC(CC(=O)O)C2)C1=O. The van der Waals surface area contributed by atoms with E-state index in [1.807, 2.05) is 0 Å². The number of hydrogen-bond donors (Lipinski definition) is 2. The van der Waals surface area contributed by atoms with E-state index >= 15 is 0 Å². The molecule has 3 amide bonds. The average molecular weight is 285 g/mol. The number of rotatable bonds is 3. The van der Waals surface area contributed by atoms with Gasteiger partial charge in [-0.3, -0.25) is 9.59 Å². The second kappa shape index (κ2) is 6.08. The van der Waals surface area contributed by atoms with Gasteiger partial charge >= 0.3 is 12.0 Å². The van der Waals surface area contributed by atoms with Gasteiger partial charge in [-0.2, -0.15) is 0 Å². The molecular weight excluding hydrogens is 266 g/mol. The molecule has 0 aromatic heterocycles. The number of carbonyl (C=O) groups is 3. The van der Waals surface area contributed by atoms with E-state index in [0.29, 0.717) is 26.1 Å². The molecular formula is C12H19N3O5. The highest BCUT2D eigenvalue weighted by molar-refractivity contribution is 5.88. The topological polar surface area (TPSA) is 99.2 Å². The highest BCUT2D eigenvalue weighted by atomic mass is 16.5. The Morgan fingerprint density at radius 3 is 2.80 bits per heavy atom. The van der Waals surface area contributed by atoms with Crippen molar-refractivity contribution < 1.29 is 24.2 Å². The predicted molar refractivity (Wildman–Crippen MR) is 68.1 cm³/mol. The number of aliphatic carboxylic acids is 1. The Morgan fingerprint density at radius 2 is 2.20 bits per heavy atom. The Bertz CT molecular complexity index is 414. The van der Waals surface area contributed by atoms with Crippen molar-refractivity contribution in [2.45, 2.75) is 25.0 Å². The summed E-state index contributed by atoms with van der Waals surface area (Å²) < 4.78 is 5.30. The average Bonchev–Trinajstić information content (AvgIpc) is 2.70. The van der Waals surface area contributed by atoms with Crippen LogP contribution in [0.5, 0.6) is 0 Å². The summed E-state index contributed by atoms with van der Waals surface area (Å²) >= 11 is 0. The molecule has 2 saturated heterocycles. The minimum Gasteiger partial charge on any atom is -0.481 e. The van der Waals surface area contributed by atoms with Crippen molar-refractivity contribution in [2.24, 2.45) is 0 Å². The van der Waals surface area contributed by atoms with Crippen molar-refractivity contribution in [1.82, 2.24) is 15.1 Å². The number of nitrogens with zero attached hydrogens (tertiary/aromatic N) is 2. The third-order valence-corrected chi connectivity index (χ3v) is 3.55. The molecule has 2 N–H and O–H groups in total. The molecule has 2 unspecified atom stereocenters. The highest BCUT2D eigenvalue weighted by Crippen LogP contribution is 2.12. The van der Waals surface area contributed by atoms with E-state index in [9.17, 15) is 14.4 Å². The standard InChI is InChI=1S/C12H19N3O5/c1-14-3-2-9(11(14)18)13-12(19)15-4-5-20-8(7-15)6-10(16)17/h8-9H,2-7H2,1H3,(H,13,19)(H,16,17). The molecule has 0 aliphatic carbocycles. The van der Waals surface area contributed by atoms with E-state index in [1.54, 1.807) is 11.9 Å². The number of urea groups is 1. The fraction of sp³-hybridized carbons (Fsp3) is 0.750. The van der Waals surface area contributed by atoms with Crippen molar-refractivity contribution in [1.29, 1.82) is 0 Å². The van der Waals surface area contributed by atoms with Gasteiger partial charge in [-0.25, -0.2) is 4.79 Å². The van der Waals surface area contributed by atoms with Crippen LogP contribution in [0.2, 0.25) is 0 Å². The van der Waals surface area contributed by atoms with Crippen LogP contribution in [-0.4, -0.2) is 78.2 Å². The van der Waals surface area contributed by atoms with Gasteiger partial charge in [0.25, 0.3) is 0 Å². The Morgan fingerprint density at radius 1 is 1.45 bits per heavy atom. The summed E-state index contributed by atoms with van der Waals surface area (Å²) in [5, 5.41) is 11.4. The van der Waals surface area contributed by atoms with Gasteiger partial charge < -0.3 is 25.0 Å².